The van der Waals surface area contributed by atoms with Crippen molar-refractivity contribution in [2.45, 2.75) is 12.3 Å². The fraction of sp³-hybridized carbons (Fsp3) is 0.0476. The van der Waals surface area contributed by atoms with Gasteiger partial charge in [0, 0.05) is 23.0 Å². The number of rotatable bonds is 5. The minimum absolute atomic E-state index is 0.335. The quantitative estimate of drug-likeness (QED) is 0.206. The molecule has 0 aliphatic heterocycles. The standard InChI is InChI=1S/C42H31N/c1-3-14-34(15-4-1)43(35-16-5-2-6-17-35)36-26-24-30(25-27-36)32-22-23-33-29-42(40-20-10-9-19-39(40)41(33)28-32)38-21-11-13-31-12-7-8-18-37(31)38/h1-28,42H,29H2. The van der Waals surface area contributed by atoms with Crippen LogP contribution in [0.3, 0.4) is 0 Å². The molecule has 204 valence electrons. The van der Waals surface area contributed by atoms with Crippen LogP contribution in [0.4, 0.5) is 17.1 Å². The van der Waals surface area contributed by atoms with Gasteiger partial charge in [0.15, 0.2) is 0 Å². The van der Waals surface area contributed by atoms with Gasteiger partial charge in [-0.25, -0.2) is 0 Å². The molecule has 1 atom stereocenters. The fourth-order valence-electron chi connectivity index (χ4n) is 6.80. The Hall–Kier alpha value is -5.40. The number of hydrogen-bond donors (Lipinski definition) is 0. The van der Waals surface area contributed by atoms with Crippen LogP contribution in [0.25, 0.3) is 33.0 Å². The maximum atomic E-state index is 2.40. The molecular formula is C42H31N. The maximum Gasteiger partial charge on any atom is 0.0462 e. The van der Waals surface area contributed by atoms with Crippen LogP contribution in [0.1, 0.15) is 22.6 Å². The topological polar surface area (TPSA) is 3.24 Å². The van der Waals surface area contributed by atoms with Gasteiger partial charge in [-0.15, -0.1) is 0 Å². The van der Waals surface area contributed by atoms with Gasteiger partial charge in [-0.3, -0.25) is 0 Å². The molecule has 0 saturated heterocycles. The van der Waals surface area contributed by atoms with Crippen molar-refractivity contribution in [3.05, 3.63) is 187 Å². The number of anilines is 3. The Morgan fingerprint density at radius 1 is 0.419 bits per heavy atom. The van der Waals surface area contributed by atoms with E-state index < -0.39 is 0 Å². The second-order valence-corrected chi connectivity index (χ2v) is 11.3. The lowest BCUT2D eigenvalue weighted by molar-refractivity contribution is 0.800. The van der Waals surface area contributed by atoms with Gasteiger partial charge in [0.25, 0.3) is 0 Å². The SMILES string of the molecule is c1ccc(N(c2ccccc2)c2ccc(-c3ccc4c(c3)-c3ccccc3C(c3cccc5ccccc35)C4)cc2)cc1. The highest BCUT2D eigenvalue weighted by molar-refractivity contribution is 5.88. The zero-order chi connectivity index (χ0) is 28.6. The van der Waals surface area contributed by atoms with E-state index in [1.807, 2.05) is 0 Å². The van der Waals surface area contributed by atoms with Crippen LogP contribution in [0.5, 0.6) is 0 Å². The summed E-state index contributed by atoms with van der Waals surface area (Å²) in [6.45, 7) is 0. The highest BCUT2D eigenvalue weighted by atomic mass is 15.1. The number of fused-ring (bicyclic) bond motifs is 4. The lowest BCUT2D eigenvalue weighted by Gasteiger charge is -2.29. The van der Waals surface area contributed by atoms with E-state index in [1.165, 1.54) is 49.7 Å². The van der Waals surface area contributed by atoms with E-state index in [-0.39, 0.29) is 0 Å². The Morgan fingerprint density at radius 2 is 1.00 bits per heavy atom. The Bertz CT molecular complexity index is 2000. The largest absolute Gasteiger partial charge is 0.311 e. The summed E-state index contributed by atoms with van der Waals surface area (Å²) < 4.78 is 0. The lowest BCUT2D eigenvalue weighted by Crippen LogP contribution is -2.13. The summed E-state index contributed by atoms with van der Waals surface area (Å²) in [6.07, 6.45) is 1.00. The van der Waals surface area contributed by atoms with Crippen molar-refractivity contribution in [2.75, 3.05) is 4.90 Å². The van der Waals surface area contributed by atoms with E-state index >= 15 is 0 Å². The van der Waals surface area contributed by atoms with Crippen molar-refractivity contribution in [1.82, 2.24) is 0 Å². The number of hydrogen-bond acceptors (Lipinski definition) is 1. The molecule has 0 spiro atoms. The maximum absolute atomic E-state index is 2.40. The average molecular weight is 550 g/mol. The molecule has 7 aromatic rings. The molecule has 0 heterocycles. The molecule has 1 unspecified atom stereocenters. The predicted molar refractivity (Wildman–Crippen MR) is 181 cm³/mol. The van der Waals surface area contributed by atoms with Gasteiger partial charge in [0.1, 0.15) is 0 Å². The normalized spacial score (nSPS) is 13.7. The van der Waals surface area contributed by atoms with Crippen molar-refractivity contribution in [1.29, 1.82) is 0 Å². The first-order valence-corrected chi connectivity index (χ1v) is 15.0. The molecule has 1 aliphatic carbocycles. The van der Waals surface area contributed by atoms with Gasteiger partial charge < -0.3 is 4.90 Å². The van der Waals surface area contributed by atoms with Crippen molar-refractivity contribution in [3.63, 3.8) is 0 Å². The number of nitrogens with zero attached hydrogens (tertiary/aromatic N) is 1. The Morgan fingerprint density at radius 3 is 1.77 bits per heavy atom. The van der Waals surface area contributed by atoms with Gasteiger partial charge >= 0.3 is 0 Å². The second kappa shape index (κ2) is 10.8. The Balaban J connectivity index is 1.16. The van der Waals surface area contributed by atoms with Crippen LogP contribution in [0.2, 0.25) is 0 Å². The summed E-state index contributed by atoms with van der Waals surface area (Å²) in [5.74, 6) is 0.335. The van der Waals surface area contributed by atoms with Gasteiger partial charge in [-0.1, -0.05) is 127 Å². The van der Waals surface area contributed by atoms with Gasteiger partial charge in [0.2, 0.25) is 0 Å². The summed E-state index contributed by atoms with van der Waals surface area (Å²) in [7, 11) is 0. The van der Waals surface area contributed by atoms with Crippen LogP contribution in [-0.4, -0.2) is 0 Å². The predicted octanol–water partition coefficient (Wildman–Crippen LogP) is 11.3. The summed E-state index contributed by atoms with van der Waals surface area (Å²) in [5, 5.41) is 2.66. The molecule has 0 radical (unpaired) electrons. The van der Waals surface area contributed by atoms with E-state index in [9.17, 15) is 0 Å². The Kier molecular flexibility index (Phi) is 6.35. The summed E-state index contributed by atoms with van der Waals surface area (Å²) >= 11 is 0. The first-order chi connectivity index (χ1) is 21.3. The van der Waals surface area contributed by atoms with Crippen LogP contribution < -0.4 is 4.90 Å². The third-order valence-corrected chi connectivity index (χ3v) is 8.85. The summed E-state index contributed by atoms with van der Waals surface area (Å²) in [5.41, 5.74) is 12.8. The minimum atomic E-state index is 0.335. The van der Waals surface area contributed by atoms with Crippen LogP contribution in [0.15, 0.2) is 170 Å². The zero-order valence-corrected chi connectivity index (χ0v) is 23.9. The first-order valence-electron chi connectivity index (χ1n) is 15.0. The third-order valence-electron chi connectivity index (χ3n) is 8.85. The molecule has 0 bridgehead atoms. The molecule has 0 amide bonds. The number of benzene rings is 7. The van der Waals surface area contributed by atoms with Crippen molar-refractivity contribution >= 4 is 27.8 Å². The highest BCUT2D eigenvalue weighted by Gasteiger charge is 2.27. The molecule has 0 fully saturated rings. The highest BCUT2D eigenvalue weighted by Crippen LogP contribution is 2.45. The van der Waals surface area contributed by atoms with Gasteiger partial charge in [-0.2, -0.15) is 0 Å². The molecule has 1 aliphatic rings. The van der Waals surface area contributed by atoms with E-state index in [1.54, 1.807) is 0 Å². The first kappa shape index (κ1) is 25.3. The zero-order valence-electron chi connectivity index (χ0n) is 23.9. The molecule has 8 rings (SSSR count). The van der Waals surface area contributed by atoms with Crippen molar-refractivity contribution in [3.8, 4) is 22.3 Å². The molecule has 43 heavy (non-hydrogen) atoms. The Labute approximate surface area is 253 Å². The van der Waals surface area contributed by atoms with Crippen molar-refractivity contribution < 1.29 is 0 Å². The monoisotopic (exact) mass is 549 g/mol. The lowest BCUT2D eigenvalue weighted by atomic mass is 9.74. The number of para-hydroxylation sites is 2. The van der Waals surface area contributed by atoms with Crippen molar-refractivity contribution in [2.24, 2.45) is 0 Å². The molecular weight excluding hydrogens is 518 g/mol. The molecule has 7 aromatic carbocycles. The van der Waals surface area contributed by atoms with Gasteiger partial charge in [-0.05, 0) is 98.6 Å². The van der Waals surface area contributed by atoms with Crippen LogP contribution >= 0.6 is 0 Å². The molecule has 1 nitrogen and oxygen atoms in total. The minimum Gasteiger partial charge on any atom is -0.311 e. The molecule has 0 saturated carbocycles. The average Bonchev–Trinajstić information content (AvgIpc) is 3.09. The van der Waals surface area contributed by atoms with Crippen LogP contribution in [-0.2, 0) is 6.42 Å². The smallest absolute Gasteiger partial charge is 0.0462 e. The van der Waals surface area contributed by atoms with E-state index in [0.717, 1.165) is 23.5 Å². The van der Waals surface area contributed by atoms with E-state index in [0.29, 0.717) is 5.92 Å². The summed E-state index contributed by atoms with van der Waals surface area (Å²) in [4.78, 5) is 2.31. The molecule has 0 aromatic heterocycles. The van der Waals surface area contributed by atoms with E-state index in [4.69, 9.17) is 0 Å². The van der Waals surface area contributed by atoms with Crippen LogP contribution in [0, 0.1) is 0 Å². The summed E-state index contributed by atoms with van der Waals surface area (Å²) in [6, 6.07) is 61.7. The molecule has 1 heteroatoms. The third kappa shape index (κ3) is 4.60. The second-order valence-electron chi connectivity index (χ2n) is 11.3. The van der Waals surface area contributed by atoms with E-state index in [2.05, 4.69) is 175 Å². The molecule has 0 N–H and O–H groups in total. The fourth-order valence-corrected chi connectivity index (χ4v) is 6.80. The van der Waals surface area contributed by atoms with Gasteiger partial charge in [0.05, 0.1) is 0 Å².